The van der Waals surface area contributed by atoms with Crippen molar-refractivity contribution < 1.29 is 4.79 Å². The molecule has 0 atom stereocenters. The van der Waals surface area contributed by atoms with E-state index in [1.807, 2.05) is 19.1 Å². The van der Waals surface area contributed by atoms with Gasteiger partial charge in [0.1, 0.15) is 10.0 Å². The Balaban J connectivity index is 2.18. The Bertz CT molecular complexity index is 685. The quantitative estimate of drug-likeness (QED) is 0.887. The van der Waals surface area contributed by atoms with Crippen LogP contribution in [-0.2, 0) is 0 Å². The van der Waals surface area contributed by atoms with Gasteiger partial charge < -0.3 is 5.32 Å². The van der Waals surface area contributed by atoms with Gasteiger partial charge in [-0.25, -0.2) is 9.78 Å². The minimum atomic E-state index is -0.192. The van der Waals surface area contributed by atoms with Crippen LogP contribution in [0.3, 0.4) is 0 Å². The molecule has 0 aliphatic rings. The first-order chi connectivity index (χ1) is 10.1. The summed E-state index contributed by atoms with van der Waals surface area (Å²) in [6.07, 6.45) is 3.48. The number of carbonyl (C=O) groups is 1. The van der Waals surface area contributed by atoms with Gasteiger partial charge in [-0.3, -0.25) is 9.88 Å². The van der Waals surface area contributed by atoms with Gasteiger partial charge in [0.25, 0.3) is 0 Å². The standard InChI is InChI=1S/C15H16N4OS/c1-4-5-9-17-15(20)19(3)14-11(2)18-13(21-14)12-7-6-8-16-10-12/h6-8,10H,9H2,1-3H3,(H,17,20). The summed E-state index contributed by atoms with van der Waals surface area (Å²) >= 11 is 1.47. The van der Waals surface area contributed by atoms with Crippen LogP contribution in [0.5, 0.6) is 0 Å². The Morgan fingerprint density at radius 1 is 1.52 bits per heavy atom. The van der Waals surface area contributed by atoms with E-state index in [4.69, 9.17) is 0 Å². The minimum Gasteiger partial charge on any atom is -0.327 e. The van der Waals surface area contributed by atoms with E-state index in [-0.39, 0.29) is 6.03 Å². The first-order valence-corrected chi connectivity index (χ1v) is 7.24. The molecular weight excluding hydrogens is 284 g/mol. The van der Waals surface area contributed by atoms with E-state index in [1.54, 1.807) is 31.3 Å². The Morgan fingerprint density at radius 3 is 3.00 bits per heavy atom. The van der Waals surface area contributed by atoms with E-state index in [1.165, 1.54) is 11.3 Å². The van der Waals surface area contributed by atoms with Gasteiger partial charge in [0.2, 0.25) is 0 Å². The summed E-state index contributed by atoms with van der Waals surface area (Å²) in [5, 5.41) is 4.40. The molecule has 0 unspecified atom stereocenters. The molecule has 1 N–H and O–H groups in total. The Labute approximate surface area is 128 Å². The van der Waals surface area contributed by atoms with E-state index < -0.39 is 0 Å². The number of nitrogens with zero attached hydrogens (tertiary/aromatic N) is 3. The van der Waals surface area contributed by atoms with Crippen LogP contribution in [0.2, 0.25) is 0 Å². The molecule has 5 nitrogen and oxygen atoms in total. The van der Waals surface area contributed by atoms with Crippen molar-refractivity contribution in [2.75, 3.05) is 18.5 Å². The lowest BCUT2D eigenvalue weighted by molar-refractivity contribution is 0.248. The number of thiazole rings is 1. The topological polar surface area (TPSA) is 58.1 Å². The summed E-state index contributed by atoms with van der Waals surface area (Å²) < 4.78 is 0. The molecule has 2 amide bonds. The average Bonchev–Trinajstić information content (AvgIpc) is 2.89. The molecule has 2 rings (SSSR count). The highest BCUT2D eigenvalue weighted by Crippen LogP contribution is 2.33. The third-order valence-corrected chi connectivity index (χ3v) is 4.08. The van der Waals surface area contributed by atoms with Crippen molar-refractivity contribution in [2.24, 2.45) is 0 Å². The molecule has 0 aliphatic heterocycles. The molecule has 2 aromatic heterocycles. The number of aromatic nitrogens is 2. The van der Waals surface area contributed by atoms with Gasteiger partial charge in [-0.15, -0.1) is 5.92 Å². The maximum Gasteiger partial charge on any atom is 0.323 e. The van der Waals surface area contributed by atoms with E-state index in [9.17, 15) is 4.79 Å². The smallest absolute Gasteiger partial charge is 0.323 e. The third-order valence-electron chi connectivity index (χ3n) is 2.79. The predicted molar refractivity (Wildman–Crippen MR) is 85.3 cm³/mol. The summed E-state index contributed by atoms with van der Waals surface area (Å²) in [7, 11) is 1.72. The fraction of sp³-hybridized carbons (Fsp3) is 0.267. The molecule has 2 heterocycles. The molecule has 0 aliphatic carbocycles. The van der Waals surface area contributed by atoms with Crippen molar-refractivity contribution in [3.05, 3.63) is 30.2 Å². The van der Waals surface area contributed by atoms with Crippen LogP contribution >= 0.6 is 11.3 Å². The fourth-order valence-corrected chi connectivity index (χ4v) is 2.75. The average molecular weight is 300 g/mol. The molecule has 0 fully saturated rings. The van der Waals surface area contributed by atoms with Gasteiger partial charge in [0.05, 0.1) is 12.2 Å². The summed E-state index contributed by atoms with van der Waals surface area (Å²) in [6.45, 7) is 3.97. The van der Waals surface area contributed by atoms with Crippen LogP contribution in [0, 0.1) is 18.8 Å². The molecule has 0 radical (unpaired) electrons. The molecule has 6 heteroatoms. The van der Waals surface area contributed by atoms with Crippen molar-refractivity contribution in [2.45, 2.75) is 13.8 Å². The monoisotopic (exact) mass is 300 g/mol. The number of rotatable bonds is 3. The lowest BCUT2D eigenvalue weighted by atomic mass is 10.3. The number of anilines is 1. The molecule has 0 saturated carbocycles. The Morgan fingerprint density at radius 2 is 2.33 bits per heavy atom. The largest absolute Gasteiger partial charge is 0.327 e. The number of nitrogens with one attached hydrogen (secondary N) is 1. The van der Waals surface area contributed by atoms with Crippen molar-refractivity contribution in [3.63, 3.8) is 0 Å². The fourth-order valence-electron chi connectivity index (χ4n) is 1.73. The van der Waals surface area contributed by atoms with Gasteiger partial charge >= 0.3 is 6.03 Å². The van der Waals surface area contributed by atoms with Crippen molar-refractivity contribution in [1.82, 2.24) is 15.3 Å². The highest BCUT2D eigenvalue weighted by Gasteiger charge is 2.17. The highest BCUT2D eigenvalue weighted by molar-refractivity contribution is 7.19. The maximum atomic E-state index is 12.0. The first kappa shape index (κ1) is 15.0. The maximum absolute atomic E-state index is 12.0. The zero-order valence-electron chi connectivity index (χ0n) is 12.2. The van der Waals surface area contributed by atoms with Gasteiger partial charge in [-0.05, 0) is 26.0 Å². The summed E-state index contributed by atoms with van der Waals surface area (Å²) in [5.41, 5.74) is 1.76. The van der Waals surface area contributed by atoms with E-state index >= 15 is 0 Å². The van der Waals surface area contributed by atoms with Crippen LogP contribution in [0.4, 0.5) is 9.80 Å². The summed E-state index contributed by atoms with van der Waals surface area (Å²) in [6, 6.07) is 3.62. The summed E-state index contributed by atoms with van der Waals surface area (Å²) in [4.78, 5) is 22.2. The van der Waals surface area contributed by atoms with E-state index in [2.05, 4.69) is 27.1 Å². The number of hydrogen-bond donors (Lipinski definition) is 1. The Kier molecular flexibility index (Phi) is 4.90. The molecule has 0 spiro atoms. The number of amides is 2. The normalized spacial score (nSPS) is 9.67. The molecule has 0 bridgehead atoms. The number of hydrogen-bond acceptors (Lipinski definition) is 4. The second-order valence-electron chi connectivity index (χ2n) is 4.30. The second-order valence-corrected chi connectivity index (χ2v) is 5.27. The third kappa shape index (κ3) is 3.58. The second kappa shape index (κ2) is 6.86. The van der Waals surface area contributed by atoms with Crippen LogP contribution in [0.25, 0.3) is 10.6 Å². The van der Waals surface area contributed by atoms with E-state index in [0.717, 1.165) is 21.3 Å². The molecular formula is C15H16N4OS. The van der Waals surface area contributed by atoms with Crippen molar-refractivity contribution >= 4 is 22.4 Å². The molecule has 21 heavy (non-hydrogen) atoms. The minimum absolute atomic E-state index is 0.192. The van der Waals surface area contributed by atoms with Crippen LogP contribution < -0.4 is 10.2 Å². The van der Waals surface area contributed by atoms with Gasteiger partial charge in [0.15, 0.2) is 0 Å². The van der Waals surface area contributed by atoms with Gasteiger partial charge in [0, 0.05) is 25.0 Å². The molecule has 2 aromatic rings. The highest BCUT2D eigenvalue weighted by atomic mass is 32.1. The lowest BCUT2D eigenvalue weighted by Gasteiger charge is -2.15. The first-order valence-electron chi connectivity index (χ1n) is 6.42. The SMILES string of the molecule is CC#CCNC(=O)N(C)c1sc(-c2cccnc2)nc1C. The summed E-state index contributed by atoms with van der Waals surface area (Å²) in [5.74, 6) is 5.54. The molecule has 0 saturated heterocycles. The predicted octanol–water partition coefficient (Wildman–Crippen LogP) is 2.68. The van der Waals surface area contributed by atoms with Crippen LogP contribution in [-0.4, -0.2) is 29.6 Å². The lowest BCUT2D eigenvalue weighted by Crippen LogP contribution is -2.37. The number of aryl methyl sites for hydroxylation is 1. The van der Waals surface area contributed by atoms with Gasteiger partial charge in [-0.1, -0.05) is 17.3 Å². The Hall–Kier alpha value is -2.39. The van der Waals surface area contributed by atoms with Crippen LogP contribution in [0.15, 0.2) is 24.5 Å². The van der Waals surface area contributed by atoms with E-state index in [0.29, 0.717) is 6.54 Å². The number of urea groups is 1. The van der Waals surface area contributed by atoms with Crippen molar-refractivity contribution in [1.29, 1.82) is 0 Å². The van der Waals surface area contributed by atoms with Crippen molar-refractivity contribution in [3.8, 4) is 22.4 Å². The molecule has 108 valence electrons. The number of pyridine rings is 1. The number of carbonyl (C=O) groups excluding carboxylic acids is 1. The molecule has 0 aromatic carbocycles. The van der Waals surface area contributed by atoms with Crippen LogP contribution in [0.1, 0.15) is 12.6 Å². The zero-order chi connectivity index (χ0) is 15.2. The van der Waals surface area contributed by atoms with Gasteiger partial charge in [-0.2, -0.15) is 0 Å². The zero-order valence-corrected chi connectivity index (χ0v) is 13.0.